The van der Waals surface area contributed by atoms with Crippen LogP contribution in [0.15, 0.2) is 18.5 Å². The third-order valence-corrected chi connectivity index (χ3v) is 4.41. The minimum absolute atomic E-state index is 0.176. The molecule has 0 bridgehead atoms. The van der Waals surface area contributed by atoms with Gasteiger partial charge in [-0.05, 0) is 18.1 Å². The van der Waals surface area contributed by atoms with Crippen LogP contribution in [0, 0.1) is 17.2 Å². The predicted octanol–water partition coefficient (Wildman–Crippen LogP) is -0.0184. The Hall–Kier alpha value is -2.78. The molecular weight excluding hydrogens is 370 g/mol. The fourth-order valence-corrected chi connectivity index (χ4v) is 2.94. The molecule has 4 atom stereocenters. The first-order chi connectivity index (χ1) is 13.3. The largest absolute Gasteiger partial charge is 0.449 e. The minimum Gasteiger partial charge on any atom is -0.449 e. The molecular formula is C17H21N5O6. The van der Waals surface area contributed by atoms with Crippen LogP contribution in [-0.2, 0) is 9.47 Å². The number of hydrogen-bond acceptors (Lipinski definition) is 9. The van der Waals surface area contributed by atoms with Crippen LogP contribution in [0.25, 0.3) is 5.52 Å². The number of nitrogens with one attached hydrogen (secondary N) is 1. The highest BCUT2D eigenvalue weighted by Gasteiger charge is 2.55. The van der Waals surface area contributed by atoms with Crippen molar-refractivity contribution in [3.63, 3.8) is 0 Å². The number of nitriles is 1. The highest BCUT2D eigenvalue weighted by Crippen LogP contribution is 2.40. The average Bonchev–Trinajstić information content (AvgIpc) is 3.21. The first-order valence-corrected chi connectivity index (χ1v) is 8.65. The highest BCUT2D eigenvalue weighted by atomic mass is 16.6. The molecule has 1 saturated heterocycles. The molecule has 3 rings (SSSR count). The van der Waals surface area contributed by atoms with E-state index in [1.165, 1.54) is 10.8 Å². The number of rotatable bonds is 5. The topological polar surface area (TPSA) is 162 Å². The predicted molar refractivity (Wildman–Crippen MR) is 94.1 cm³/mol. The zero-order valence-electron chi connectivity index (χ0n) is 15.3. The van der Waals surface area contributed by atoms with Gasteiger partial charge < -0.3 is 24.8 Å². The second kappa shape index (κ2) is 7.69. The Bertz CT molecular complexity index is 909. The van der Waals surface area contributed by atoms with Crippen LogP contribution in [0.2, 0.25) is 0 Å². The monoisotopic (exact) mass is 391 g/mol. The number of aliphatic hydroxyl groups is 3. The van der Waals surface area contributed by atoms with Gasteiger partial charge in [-0.3, -0.25) is 5.32 Å². The first-order valence-electron chi connectivity index (χ1n) is 8.65. The van der Waals surface area contributed by atoms with E-state index < -0.39 is 36.6 Å². The summed E-state index contributed by atoms with van der Waals surface area (Å²) in [7, 11) is 0. The molecule has 2 aromatic heterocycles. The van der Waals surface area contributed by atoms with Crippen molar-refractivity contribution < 1.29 is 29.6 Å². The number of anilines is 1. The smallest absolute Gasteiger partial charge is 0.412 e. The zero-order valence-corrected chi connectivity index (χ0v) is 15.3. The number of fused-ring (bicyclic) bond motifs is 1. The van der Waals surface area contributed by atoms with Gasteiger partial charge in [0.05, 0.1) is 18.9 Å². The second-order valence-electron chi connectivity index (χ2n) is 6.91. The van der Waals surface area contributed by atoms with Gasteiger partial charge in [-0.25, -0.2) is 14.3 Å². The maximum Gasteiger partial charge on any atom is 0.412 e. The van der Waals surface area contributed by atoms with Gasteiger partial charge in [0.2, 0.25) is 5.60 Å². The lowest BCUT2D eigenvalue weighted by Gasteiger charge is -2.21. The van der Waals surface area contributed by atoms with Crippen molar-refractivity contribution in [1.82, 2.24) is 14.6 Å². The molecule has 28 heavy (non-hydrogen) atoms. The Morgan fingerprint density at radius 2 is 2.25 bits per heavy atom. The number of ether oxygens (including phenoxy) is 2. The Kier molecular flexibility index (Phi) is 5.48. The van der Waals surface area contributed by atoms with Crippen LogP contribution in [-0.4, -0.2) is 67.0 Å². The van der Waals surface area contributed by atoms with Gasteiger partial charge in [-0.15, -0.1) is 0 Å². The summed E-state index contributed by atoms with van der Waals surface area (Å²) in [5.74, 6) is 0.354. The van der Waals surface area contributed by atoms with Crippen LogP contribution in [0.3, 0.4) is 0 Å². The van der Waals surface area contributed by atoms with E-state index in [9.17, 15) is 25.4 Å². The molecule has 150 valence electrons. The molecule has 0 aromatic carbocycles. The summed E-state index contributed by atoms with van der Waals surface area (Å²) in [4.78, 5) is 15.9. The van der Waals surface area contributed by atoms with Crippen LogP contribution >= 0.6 is 0 Å². The summed E-state index contributed by atoms with van der Waals surface area (Å²) < 4.78 is 11.9. The highest BCUT2D eigenvalue weighted by molar-refractivity contribution is 5.88. The SMILES string of the molecule is CC(C)COC(=O)Nc1ncnn2c([C@@H]3O[C@](C#N)(CO)[C@@H](O)[C@H]3O)ccc12. The summed E-state index contributed by atoms with van der Waals surface area (Å²) in [6.07, 6.45) is -3.68. The standard InChI is InChI=1S/C17H21N5O6/c1-9(2)5-27-16(26)21-15-11-4-3-10(22(11)20-8-19-15)13-12(24)14(25)17(6-18,7-23)28-13/h3-4,8-9,12-14,23-25H,5,7H2,1-2H3,(H,19,20,21,26)/t12-,13-,14-,17+/m0/s1. The summed E-state index contributed by atoms with van der Waals surface area (Å²) in [6, 6.07) is 4.85. The van der Waals surface area contributed by atoms with E-state index >= 15 is 0 Å². The van der Waals surface area contributed by atoms with Crippen molar-refractivity contribution in [3.05, 3.63) is 24.2 Å². The van der Waals surface area contributed by atoms with Crippen molar-refractivity contribution in [2.45, 2.75) is 37.8 Å². The number of aromatic nitrogens is 3. The number of carbonyl (C=O) groups is 1. The summed E-state index contributed by atoms with van der Waals surface area (Å²) in [5, 5.41) is 45.8. The number of amides is 1. The normalized spacial score (nSPS) is 27.1. The van der Waals surface area contributed by atoms with Crippen molar-refractivity contribution in [1.29, 1.82) is 5.26 Å². The maximum absolute atomic E-state index is 11.9. The molecule has 0 saturated carbocycles. The van der Waals surface area contributed by atoms with Crippen LogP contribution in [0.1, 0.15) is 25.6 Å². The van der Waals surface area contributed by atoms with Gasteiger partial charge in [-0.1, -0.05) is 13.8 Å². The molecule has 1 aliphatic heterocycles. The van der Waals surface area contributed by atoms with Crippen LogP contribution in [0.4, 0.5) is 10.6 Å². The van der Waals surface area contributed by atoms with E-state index in [1.807, 2.05) is 13.8 Å². The summed E-state index contributed by atoms with van der Waals surface area (Å²) >= 11 is 0. The van der Waals surface area contributed by atoms with Gasteiger partial charge >= 0.3 is 6.09 Å². The first kappa shape index (κ1) is 20.0. The van der Waals surface area contributed by atoms with E-state index in [2.05, 4.69) is 15.4 Å². The molecule has 1 aliphatic rings. The minimum atomic E-state index is -1.94. The Labute approximate surface area is 160 Å². The maximum atomic E-state index is 11.9. The summed E-state index contributed by atoms with van der Waals surface area (Å²) in [6.45, 7) is 3.27. The third kappa shape index (κ3) is 3.38. The van der Waals surface area contributed by atoms with Gasteiger partial charge in [0, 0.05) is 0 Å². The Morgan fingerprint density at radius 3 is 2.86 bits per heavy atom. The van der Waals surface area contributed by atoms with Crippen molar-refractivity contribution in [2.24, 2.45) is 5.92 Å². The molecule has 1 fully saturated rings. The van der Waals surface area contributed by atoms with Gasteiger partial charge in [0.1, 0.15) is 36.2 Å². The lowest BCUT2D eigenvalue weighted by atomic mass is 9.96. The molecule has 0 radical (unpaired) electrons. The van der Waals surface area contributed by atoms with Gasteiger partial charge in [-0.2, -0.15) is 10.4 Å². The van der Waals surface area contributed by atoms with Crippen molar-refractivity contribution >= 4 is 17.4 Å². The van der Waals surface area contributed by atoms with Crippen LogP contribution < -0.4 is 5.32 Å². The zero-order chi connectivity index (χ0) is 20.5. The second-order valence-corrected chi connectivity index (χ2v) is 6.91. The summed E-state index contributed by atoms with van der Waals surface area (Å²) in [5.41, 5.74) is -1.24. The van der Waals surface area contributed by atoms with E-state index in [-0.39, 0.29) is 18.3 Å². The molecule has 0 spiro atoms. The van der Waals surface area contributed by atoms with Crippen LogP contribution in [0.5, 0.6) is 0 Å². The third-order valence-electron chi connectivity index (χ3n) is 4.41. The molecule has 0 unspecified atom stereocenters. The number of aliphatic hydroxyl groups excluding tert-OH is 3. The van der Waals surface area contributed by atoms with Gasteiger partial charge in [0.25, 0.3) is 0 Å². The lowest BCUT2D eigenvalue weighted by molar-refractivity contribution is -0.0746. The fraction of sp³-hybridized carbons (Fsp3) is 0.529. The Balaban J connectivity index is 1.89. The number of carbonyl (C=O) groups excluding carboxylic acids is 1. The van der Waals surface area contributed by atoms with Crippen molar-refractivity contribution in [3.8, 4) is 6.07 Å². The molecule has 3 heterocycles. The number of hydrogen-bond donors (Lipinski definition) is 4. The molecule has 11 nitrogen and oxygen atoms in total. The van der Waals surface area contributed by atoms with E-state index in [4.69, 9.17) is 9.47 Å². The number of nitrogens with zero attached hydrogens (tertiary/aromatic N) is 4. The molecule has 2 aromatic rings. The van der Waals surface area contributed by atoms with E-state index in [0.717, 1.165) is 0 Å². The lowest BCUT2D eigenvalue weighted by Crippen LogP contribution is -2.44. The van der Waals surface area contributed by atoms with E-state index in [1.54, 1.807) is 18.2 Å². The fourth-order valence-electron chi connectivity index (χ4n) is 2.94. The van der Waals surface area contributed by atoms with Crippen molar-refractivity contribution in [2.75, 3.05) is 18.5 Å². The Morgan fingerprint density at radius 1 is 1.50 bits per heavy atom. The van der Waals surface area contributed by atoms with Gasteiger partial charge in [0.15, 0.2) is 5.82 Å². The molecule has 1 amide bonds. The molecule has 11 heteroatoms. The molecule has 0 aliphatic carbocycles. The van der Waals surface area contributed by atoms with E-state index in [0.29, 0.717) is 11.2 Å². The molecule has 4 N–H and O–H groups in total. The average molecular weight is 391 g/mol. The quantitative estimate of drug-likeness (QED) is 0.548.